The number of hydrogen-bond acceptors (Lipinski definition) is 3. The lowest BCUT2D eigenvalue weighted by Crippen LogP contribution is -2.40. The van der Waals surface area contributed by atoms with Gasteiger partial charge in [-0.2, -0.15) is 11.8 Å². The molecule has 0 fully saturated rings. The molecule has 118 valence electrons. The Balaban J connectivity index is 3.89. The van der Waals surface area contributed by atoms with E-state index in [9.17, 15) is 4.79 Å². The third-order valence-corrected chi connectivity index (χ3v) is 3.16. The predicted molar refractivity (Wildman–Crippen MR) is 89.5 cm³/mol. The van der Waals surface area contributed by atoms with E-state index in [4.69, 9.17) is 0 Å². The minimum atomic E-state index is 0.0725. The van der Waals surface area contributed by atoms with Crippen LogP contribution < -0.4 is 16.0 Å². The number of carbonyl (C=O) groups is 1. The fraction of sp³-hybridized carbons (Fsp3) is 0.857. The van der Waals surface area contributed by atoms with Crippen molar-refractivity contribution in [3.8, 4) is 0 Å². The Labute approximate surface area is 127 Å². The lowest BCUT2D eigenvalue weighted by atomic mass is 10.3. The highest BCUT2D eigenvalue weighted by atomic mass is 32.2. The molecule has 3 N–H and O–H groups in total. The maximum atomic E-state index is 11.5. The average Bonchev–Trinajstić information content (AvgIpc) is 2.37. The van der Waals surface area contributed by atoms with Crippen molar-refractivity contribution < 1.29 is 4.79 Å². The largest absolute Gasteiger partial charge is 0.357 e. The zero-order valence-electron chi connectivity index (χ0n) is 13.3. The second kappa shape index (κ2) is 13.1. The van der Waals surface area contributed by atoms with Crippen molar-refractivity contribution in [2.45, 2.75) is 46.1 Å². The lowest BCUT2D eigenvalue weighted by molar-refractivity contribution is -0.121. The molecule has 0 aliphatic heterocycles. The molecule has 0 aromatic carbocycles. The summed E-state index contributed by atoms with van der Waals surface area (Å²) in [5, 5.41) is 9.25. The van der Waals surface area contributed by atoms with E-state index < -0.39 is 0 Å². The quantitative estimate of drug-likeness (QED) is 0.326. The minimum Gasteiger partial charge on any atom is -0.357 e. The summed E-state index contributed by atoms with van der Waals surface area (Å²) in [6.07, 6.45) is 4.89. The Hall–Kier alpha value is -0.910. The summed E-state index contributed by atoms with van der Waals surface area (Å²) in [5.74, 6) is 2.06. The van der Waals surface area contributed by atoms with E-state index in [0.717, 1.165) is 25.5 Å². The molecule has 0 rings (SSSR count). The van der Waals surface area contributed by atoms with E-state index in [2.05, 4.69) is 27.2 Å². The molecular weight excluding hydrogens is 272 g/mol. The molecule has 6 heteroatoms. The van der Waals surface area contributed by atoms with Gasteiger partial charge in [0, 0.05) is 32.1 Å². The number of rotatable bonds is 10. The smallest absolute Gasteiger partial charge is 0.221 e. The van der Waals surface area contributed by atoms with Gasteiger partial charge in [-0.25, -0.2) is 0 Å². The van der Waals surface area contributed by atoms with Gasteiger partial charge in [-0.3, -0.25) is 9.79 Å². The molecule has 0 aliphatic carbocycles. The number of guanidine groups is 1. The highest BCUT2D eigenvalue weighted by Gasteiger charge is 2.03. The fourth-order valence-electron chi connectivity index (χ4n) is 1.58. The number of nitrogens with zero attached hydrogens (tertiary/aromatic N) is 1. The highest BCUT2D eigenvalue weighted by molar-refractivity contribution is 7.98. The maximum Gasteiger partial charge on any atom is 0.221 e. The van der Waals surface area contributed by atoms with Crippen LogP contribution >= 0.6 is 11.8 Å². The first-order chi connectivity index (χ1) is 9.60. The first-order valence-corrected chi connectivity index (χ1v) is 8.80. The zero-order chi connectivity index (χ0) is 15.2. The second-order valence-electron chi connectivity index (χ2n) is 4.86. The molecule has 0 atom stereocenters. The molecule has 0 saturated heterocycles. The van der Waals surface area contributed by atoms with E-state index in [-0.39, 0.29) is 11.9 Å². The molecule has 1 amide bonds. The number of thioether (sulfide) groups is 1. The van der Waals surface area contributed by atoms with E-state index in [1.54, 1.807) is 0 Å². The van der Waals surface area contributed by atoms with E-state index in [1.165, 1.54) is 12.2 Å². The molecule has 0 radical (unpaired) electrons. The van der Waals surface area contributed by atoms with Gasteiger partial charge < -0.3 is 16.0 Å². The first kappa shape index (κ1) is 19.1. The van der Waals surface area contributed by atoms with Crippen LogP contribution in [0.4, 0.5) is 0 Å². The molecule has 0 unspecified atom stereocenters. The molecule has 20 heavy (non-hydrogen) atoms. The third kappa shape index (κ3) is 12.1. The number of amides is 1. The minimum absolute atomic E-state index is 0.0725. The molecule has 0 saturated carbocycles. The van der Waals surface area contributed by atoms with Gasteiger partial charge in [0.2, 0.25) is 5.91 Å². The van der Waals surface area contributed by atoms with E-state index in [1.807, 2.05) is 32.5 Å². The van der Waals surface area contributed by atoms with Crippen LogP contribution in [0.3, 0.4) is 0 Å². The van der Waals surface area contributed by atoms with Gasteiger partial charge in [-0.05, 0) is 45.6 Å². The number of nitrogens with one attached hydrogen (secondary N) is 3. The van der Waals surface area contributed by atoms with Gasteiger partial charge in [0.15, 0.2) is 5.96 Å². The Morgan fingerprint density at radius 2 is 2.00 bits per heavy atom. The molecule has 0 heterocycles. The van der Waals surface area contributed by atoms with Crippen molar-refractivity contribution in [3.05, 3.63) is 0 Å². The molecule has 0 aromatic heterocycles. The standard InChI is InChI=1S/C14H30N4OS/c1-5-15-14(16-9-6-7-11-20-4)17-10-8-13(19)18-12(2)3/h12H,5-11H2,1-4H3,(H,18,19)(H2,15,16,17). The molecule has 0 bridgehead atoms. The number of carbonyl (C=O) groups excluding carboxylic acids is 1. The van der Waals surface area contributed by atoms with Gasteiger partial charge in [0.25, 0.3) is 0 Å². The monoisotopic (exact) mass is 302 g/mol. The fourth-order valence-corrected chi connectivity index (χ4v) is 2.07. The summed E-state index contributed by atoms with van der Waals surface area (Å²) < 4.78 is 0. The van der Waals surface area contributed by atoms with Crippen LogP contribution in [0.2, 0.25) is 0 Å². The molecule has 0 aliphatic rings. The molecule has 5 nitrogen and oxygen atoms in total. The number of hydrogen-bond donors (Lipinski definition) is 3. The maximum absolute atomic E-state index is 11.5. The van der Waals surface area contributed by atoms with Crippen LogP contribution in [-0.2, 0) is 4.79 Å². The summed E-state index contributed by atoms with van der Waals surface area (Å²) >= 11 is 1.87. The second-order valence-corrected chi connectivity index (χ2v) is 5.85. The zero-order valence-corrected chi connectivity index (χ0v) is 14.1. The van der Waals surface area contributed by atoms with Crippen molar-refractivity contribution >= 4 is 23.6 Å². The van der Waals surface area contributed by atoms with Crippen molar-refractivity contribution in [1.29, 1.82) is 0 Å². The van der Waals surface area contributed by atoms with Crippen molar-refractivity contribution in [1.82, 2.24) is 16.0 Å². The number of unbranched alkanes of at least 4 members (excludes halogenated alkanes) is 1. The summed E-state index contributed by atoms with van der Waals surface area (Å²) in [7, 11) is 0. The summed E-state index contributed by atoms with van der Waals surface area (Å²) in [6, 6.07) is 0.195. The summed E-state index contributed by atoms with van der Waals surface area (Å²) in [4.78, 5) is 16.0. The van der Waals surface area contributed by atoms with E-state index in [0.29, 0.717) is 13.0 Å². The molecule has 0 spiro atoms. The Bertz CT molecular complexity index is 282. The summed E-state index contributed by atoms with van der Waals surface area (Å²) in [5.41, 5.74) is 0. The van der Waals surface area contributed by atoms with Crippen molar-refractivity contribution in [2.75, 3.05) is 31.6 Å². The lowest BCUT2D eigenvalue weighted by Gasteiger charge is -2.12. The van der Waals surface area contributed by atoms with Crippen LogP contribution in [0.5, 0.6) is 0 Å². The van der Waals surface area contributed by atoms with E-state index >= 15 is 0 Å². The first-order valence-electron chi connectivity index (χ1n) is 7.40. The Kier molecular flexibility index (Phi) is 12.5. The predicted octanol–water partition coefficient (Wildman–Crippen LogP) is 1.60. The van der Waals surface area contributed by atoms with Crippen LogP contribution in [0.15, 0.2) is 4.99 Å². The van der Waals surface area contributed by atoms with Crippen LogP contribution in [0.25, 0.3) is 0 Å². The molecule has 0 aromatic rings. The van der Waals surface area contributed by atoms with Gasteiger partial charge in [-0.15, -0.1) is 0 Å². The van der Waals surface area contributed by atoms with Gasteiger partial charge >= 0.3 is 0 Å². The highest BCUT2D eigenvalue weighted by Crippen LogP contribution is 1.98. The number of aliphatic imine (C=N–C) groups is 1. The SMILES string of the molecule is CCNC(=NCCCCSC)NCCC(=O)NC(C)C. The summed E-state index contributed by atoms with van der Waals surface area (Å²) in [6.45, 7) is 8.23. The molecular formula is C14H30N4OS. The topological polar surface area (TPSA) is 65.5 Å². The van der Waals surface area contributed by atoms with Gasteiger partial charge in [0.1, 0.15) is 0 Å². The van der Waals surface area contributed by atoms with Crippen LogP contribution in [0, 0.1) is 0 Å². The van der Waals surface area contributed by atoms with Crippen molar-refractivity contribution in [2.24, 2.45) is 4.99 Å². The Morgan fingerprint density at radius 1 is 1.25 bits per heavy atom. The average molecular weight is 302 g/mol. The van der Waals surface area contributed by atoms with Gasteiger partial charge in [-0.1, -0.05) is 0 Å². The third-order valence-electron chi connectivity index (χ3n) is 2.46. The van der Waals surface area contributed by atoms with Gasteiger partial charge in [0.05, 0.1) is 0 Å². The van der Waals surface area contributed by atoms with Crippen LogP contribution in [0.1, 0.15) is 40.0 Å². The Morgan fingerprint density at radius 3 is 2.60 bits per heavy atom. The normalized spacial score (nSPS) is 11.6. The van der Waals surface area contributed by atoms with Crippen molar-refractivity contribution in [3.63, 3.8) is 0 Å². The van der Waals surface area contributed by atoms with Crippen LogP contribution in [-0.4, -0.2) is 49.6 Å².